The van der Waals surface area contributed by atoms with E-state index in [1.54, 1.807) is 13.2 Å². The van der Waals surface area contributed by atoms with Crippen molar-refractivity contribution in [3.05, 3.63) is 46.6 Å². The largest absolute Gasteiger partial charge is 0.416 e. The molecular formula is C22H26ClF6N5O. The van der Waals surface area contributed by atoms with Gasteiger partial charge in [0.15, 0.2) is 0 Å². The number of halogens is 7. The number of hydrogen-bond donors (Lipinski definition) is 3. The molecule has 0 atom stereocenters. The Morgan fingerprint density at radius 2 is 1.57 bits per heavy atom. The zero-order valence-electron chi connectivity index (χ0n) is 19.0. The van der Waals surface area contributed by atoms with Crippen LogP contribution in [0.25, 0.3) is 0 Å². The van der Waals surface area contributed by atoms with Crippen LogP contribution in [-0.4, -0.2) is 35.5 Å². The average Bonchev–Trinajstić information content (AvgIpc) is 2.78. The highest BCUT2D eigenvalue weighted by atomic mass is 35.5. The first-order valence-corrected chi connectivity index (χ1v) is 10.7. The molecule has 1 saturated carbocycles. The number of nitrogens with one attached hydrogen (secondary N) is 3. The summed E-state index contributed by atoms with van der Waals surface area (Å²) in [5.74, 6) is 0.306. The maximum atomic E-state index is 13.0. The summed E-state index contributed by atoms with van der Waals surface area (Å²) in [6.45, 7) is 2.05. The van der Waals surface area contributed by atoms with Gasteiger partial charge < -0.3 is 16.0 Å². The highest BCUT2D eigenvalue weighted by molar-refractivity contribution is 5.94. The van der Waals surface area contributed by atoms with Crippen LogP contribution >= 0.6 is 12.4 Å². The fourth-order valence-electron chi connectivity index (χ4n) is 3.88. The molecule has 1 aliphatic rings. The van der Waals surface area contributed by atoms with Gasteiger partial charge in [0.05, 0.1) is 11.1 Å². The molecule has 0 saturated heterocycles. The predicted molar refractivity (Wildman–Crippen MR) is 122 cm³/mol. The molecule has 0 bridgehead atoms. The second kappa shape index (κ2) is 11.3. The highest BCUT2D eigenvalue weighted by Crippen LogP contribution is 2.36. The zero-order chi connectivity index (χ0) is 25.1. The van der Waals surface area contributed by atoms with Crippen molar-refractivity contribution in [2.24, 2.45) is 5.92 Å². The van der Waals surface area contributed by atoms with Gasteiger partial charge in [0.1, 0.15) is 5.82 Å². The van der Waals surface area contributed by atoms with Crippen molar-refractivity contribution >= 4 is 30.1 Å². The van der Waals surface area contributed by atoms with Gasteiger partial charge in [-0.05, 0) is 56.7 Å². The van der Waals surface area contributed by atoms with E-state index in [-0.39, 0.29) is 37.0 Å². The Kier molecular flexibility index (Phi) is 9.21. The molecule has 194 valence electrons. The SMILES string of the molecule is CNc1nc(NC2CCC(CNC(=O)c3cc(C(F)(F)F)cc(C(F)(F)F)c3)CC2)ncc1C.Cl. The molecule has 3 N–H and O–H groups in total. The maximum absolute atomic E-state index is 13.0. The van der Waals surface area contributed by atoms with E-state index in [0.29, 0.717) is 18.1 Å². The minimum Gasteiger partial charge on any atom is -0.373 e. The number of benzene rings is 1. The number of anilines is 2. The van der Waals surface area contributed by atoms with Crippen LogP contribution in [0.5, 0.6) is 0 Å². The molecule has 0 spiro atoms. The van der Waals surface area contributed by atoms with E-state index in [1.165, 1.54) is 0 Å². The van der Waals surface area contributed by atoms with Crippen molar-refractivity contribution < 1.29 is 31.1 Å². The quantitative estimate of drug-likeness (QED) is 0.423. The van der Waals surface area contributed by atoms with E-state index in [4.69, 9.17) is 0 Å². The summed E-state index contributed by atoms with van der Waals surface area (Å²) in [6, 6.07) is 0.998. The molecule has 35 heavy (non-hydrogen) atoms. The lowest BCUT2D eigenvalue weighted by Gasteiger charge is -2.29. The summed E-state index contributed by atoms with van der Waals surface area (Å²) in [6.07, 6.45) is -5.34. The van der Waals surface area contributed by atoms with Crippen LogP contribution in [0.2, 0.25) is 0 Å². The van der Waals surface area contributed by atoms with E-state index in [1.807, 2.05) is 6.92 Å². The minimum atomic E-state index is -5.00. The first-order valence-electron chi connectivity index (χ1n) is 10.7. The molecule has 1 fully saturated rings. The van der Waals surface area contributed by atoms with Crippen molar-refractivity contribution in [3.8, 4) is 0 Å². The van der Waals surface area contributed by atoms with E-state index in [0.717, 1.165) is 37.1 Å². The molecule has 1 aromatic carbocycles. The molecular weight excluding hydrogens is 500 g/mol. The van der Waals surface area contributed by atoms with Gasteiger partial charge in [-0.15, -0.1) is 12.4 Å². The Morgan fingerprint density at radius 1 is 1.00 bits per heavy atom. The summed E-state index contributed by atoms with van der Waals surface area (Å²) in [4.78, 5) is 21.0. The third-order valence-electron chi connectivity index (χ3n) is 5.79. The molecule has 1 heterocycles. The number of aromatic nitrogens is 2. The van der Waals surface area contributed by atoms with Gasteiger partial charge in [0.25, 0.3) is 5.91 Å². The topological polar surface area (TPSA) is 78.9 Å². The lowest BCUT2D eigenvalue weighted by atomic mass is 9.86. The molecule has 0 unspecified atom stereocenters. The summed E-state index contributed by atoms with van der Waals surface area (Å²) < 4.78 is 78.1. The van der Waals surface area contributed by atoms with E-state index in [2.05, 4.69) is 25.9 Å². The Bertz CT molecular complexity index is 990. The number of nitrogens with zero attached hydrogens (tertiary/aromatic N) is 2. The first kappa shape index (κ1) is 28.5. The Labute approximate surface area is 204 Å². The van der Waals surface area contributed by atoms with Crippen LogP contribution in [0, 0.1) is 12.8 Å². The third-order valence-corrected chi connectivity index (χ3v) is 5.79. The molecule has 0 radical (unpaired) electrons. The standard InChI is InChI=1S/C22H25F6N5O.ClH/c1-12-10-31-20(33-18(12)29-2)32-17-5-3-13(4-6-17)11-30-19(34)14-7-15(21(23,24)25)9-16(8-14)22(26,27)28;/h7-10,13,17H,3-6,11H2,1-2H3,(H,30,34)(H2,29,31,32,33);1H. The second-order valence-electron chi connectivity index (χ2n) is 8.34. The number of carbonyl (C=O) groups is 1. The van der Waals surface area contributed by atoms with Crippen LogP contribution < -0.4 is 16.0 Å². The lowest BCUT2D eigenvalue weighted by Crippen LogP contribution is -2.34. The highest BCUT2D eigenvalue weighted by Gasteiger charge is 2.37. The summed E-state index contributed by atoms with van der Waals surface area (Å²) in [7, 11) is 1.77. The molecule has 2 aromatic rings. The molecule has 1 amide bonds. The van der Waals surface area contributed by atoms with Crippen molar-refractivity contribution in [1.29, 1.82) is 0 Å². The van der Waals surface area contributed by atoms with Crippen LogP contribution in [0.3, 0.4) is 0 Å². The van der Waals surface area contributed by atoms with Gasteiger partial charge in [-0.3, -0.25) is 4.79 Å². The Morgan fingerprint density at radius 3 is 2.09 bits per heavy atom. The van der Waals surface area contributed by atoms with Crippen molar-refractivity contribution in [1.82, 2.24) is 15.3 Å². The van der Waals surface area contributed by atoms with Gasteiger partial charge in [0, 0.05) is 37.0 Å². The van der Waals surface area contributed by atoms with E-state index in [9.17, 15) is 31.1 Å². The summed E-state index contributed by atoms with van der Waals surface area (Å²) in [5, 5.41) is 8.74. The molecule has 1 aliphatic carbocycles. The number of aryl methyl sites for hydroxylation is 1. The lowest BCUT2D eigenvalue weighted by molar-refractivity contribution is -0.143. The number of rotatable bonds is 6. The van der Waals surface area contributed by atoms with Crippen molar-refractivity contribution in [3.63, 3.8) is 0 Å². The zero-order valence-corrected chi connectivity index (χ0v) is 19.8. The fraction of sp³-hybridized carbons (Fsp3) is 0.500. The van der Waals surface area contributed by atoms with Crippen LogP contribution in [0.1, 0.15) is 52.7 Å². The third kappa shape index (κ3) is 7.61. The van der Waals surface area contributed by atoms with Gasteiger partial charge in [0.2, 0.25) is 5.95 Å². The molecule has 6 nitrogen and oxygen atoms in total. The van der Waals surface area contributed by atoms with Crippen molar-refractivity contribution in [2.75, 3.05) is 24.2 Å². The number of alkyl halides is 6. The van der Waals surface area contributed by atoms with Gasteiger partial charge in [-0.25, -0.2) is 4.98 Å². The molecule has 0 aliphatic heterocycles. The second-order valence-corrected chi connectivity index (χ2v) is 8.34. The first-order chi connectivity index (χ1) is 15.9. The smallest absolute Gasteiger partial charge is 0.373 e. The Hall–Kier alpha value is -2.76. The Balaban J connectivity index is 0.00000432. The van der Waals surface area contributed by atoms with E-state index >= 15 is 0 Å². The number of hydrogen-bond acceptors (Lipinski definition) is 5. The van der Waals surface area contributed by atoms with Crippen LogP contribution in [0.4, 0.5) is 38.1 Å². The number of amides is 1. The fourth-order valence-corrected chi connectivity index (χ4v) is 3.88. The number of carbonyl (C=O) groups excluding carboxylic acids is 1. The van der Waals surface area contributed by atoms with Gasteiger partial charge in [-0.2, -0.15) is 31.3 Å². The predicted octanol–water partition coefficient (Wildman–Crippen LogP) is 5.69. The van der Waals surface area contributed by atoms with E-state index < -0.39 is 35.0 Å². The minimum absolute atomic E-state index is 0. The maximum Gasteiger partial charge on any atom is 0.416 e. The monoisotopic (exact) mass is 525 g/mol. The van der Waals surface area contributed by atoms with Crippen LogP contribution in [-0.2, 0) is 12.4 Å². The normalized spacial score (nSPS) is 18.4. The van der Waals surface area contributed by atoms with Crippen LogP contribution in [0.15, 0.2) is 24.4 Å². The van der Waals surface area contributed by atoms with Gasteiger partial charge in [-0.1, -0.05) is 0 Å². The molecule has 13 heteroatoms. The van der Waals surface area contributed by atoms with Gasteiger partial charge >= 0.3 is 12.4 Å². The molecule has 3 rings (SSSR count). The van der Waals surface area contributed by atoms with Crippen molar-refractivity contribution in [2.45, 2.75) is 51.0 Å². The summed E-state index contributed by atoms with van der Waals surface area (Å²) in [5.41, 5.74) is -2.79. The molecule has 1 aromatic heterocycles. The summed E-state index contributed by atoms with van der Waals surface area (Å²) >= 11 is 0. The average molecular weight is 526 g/mol.